The number of anilines is 1. The van der Waals surface area contributed by atoms with Gasteiger partial charge in [0.25, 0.3) is 5.91 Å². The Bertz CT molecular complexity index is 1110. The molecule has 0 atom stereocenters. The van der Waals surface area contributed by atoms with E-state index in [1.54, 1.807) is 18.2 Å². The van der Waals surface area contributed by atoms with Gasteiger partial charge < -0.3 is 0 Å². The second-order valence-electron chi connectivity index (χ2n) is 7.13. The van der Waals surface area contributed by atoms with E-state index in [1.165, 1.54) is 14.1 Å². The Morgan fingerprint density at radius 3 is 2.52 bits per heavy atom. The lowest BCUT2D eigenvalue weighted by molar-refractivity contribution is -0.110. The third kappa shape index (κ3) is 5.64. The van der Waals surface area contributed by atoms with Gasteiger partial charge in [-0.25, -0.2) is 21.5 Å². The fraction of sp³-hybridized carbons (Fsp3) is 0.316. The third-order valence-corrected chi connectivity index (χ3v) is 7.27. The first-order valence-corrected chi connectivity index (χ1v) is 12.0. The molecule has 7 nitrogen and oxygen atoms in total. The Kier molecular flexibility index (Phi) is 7.41. The van der Waals surface area contributed by atoms with Crippen molar-refractivity contribution in [1.82, 2.24) is 9.48 Å². The Morgan fingerprint density at radius 2 is 1.94 bits per heavy atom. The number of hydrazine groups is 1. The lowest BCUT2D eigenvalue weighted by atomic mass is 10.2. The van der Waals surface area contributed by atoms with Gasteiger partial charge in [-0.3, -0.25) is 15.1 Å². The molecule has 1 aliphatic rings. The highest BCUT2D eigenvalue weighted by Crippen LogP contribution is 2.30. The van der Waals surface area contributed by atoms with Gasteiger partial charge in [-0.15, -0.1) is 5.17 Å². The van der Waals surface area contributed by atoms with Crippen LogP contribution < -0.4 is 5.43 Å². The molecule has 1 saturated carbocycles. The second-order valence-corrected chi connectivity index (χ2v) is 10.9. The van der Waals surface area contributed by atoms with Gasteiger partial charge in [0.15, 0.2) is 11.6 Å². The standard InChI is InChI=1S/C19H19ClF2IN3O4S/c1-25(2)31(28,29)17-8-12(7-15(21)18(17)22)19(27)26(30-10-11-3-4-11)24-16-6-5-13(23)9-14(16)20/h5-9,11,24H,3-4,10H2,1-2H3. The molecule has 31 heavy (non-hydrogen) atoms. The number of rotatable bonds is 8. The summed E-state index contributed by atoms with van der Waals surface area (Å²) in [5, 5.41) is 1.06. The van der Waals surface area contributed by atoms with Crippen LogP contribution >= 0.6 is 34.2 Å². The summed E-state index contributed by atoms with van der Waals surface area (Å²) >= 11 is 8.28. The normalized spacial score (nSPS) is 14.0. The maximum Gasteiger partial charge on any atom is 0.297 e. The largest absolute Gasteiger partial charge is 0.297 e. The first-order valence-electron chi connectivity index (χ1n) is 9.11. The number of hydrogen-bond acceptors (Lipinski definition) is 5. The van der Waals surface area contributed by atoms with Gasteiger partial charge in [-0.05, 0) is 71.7 Å². The summed E-state index contributed by atoms with van der Waals surface area (Å²) < 4.78 is 54.8. The van der Waals surface area contributed by atoms with Gasteiger partial charge in [0, 0.05) is 23.2 Å². The predicted molar refractivity (Wildman–Crippen MR) is 120 cm³/mol. The van der Waals surface area contributed by atoms with Gasteiger partial charge >= 0.3 is 0 Å². The van der Waals surface area contributed by atoms with Crippen LogP contribution in [0.5, 0.6) is 0 Å². The van der Waals surface area contributed by atoms with E-state index < -0.39 is 38.0 Å². The van der Waals surface area contributed by atoms with E-state index in [0.717, 1.165) is 32.0 Å². The molecule has 1 fully saturated rings. The van der Waals surface area contributed by atoms with Crippen LogP contribution in [0.2, 0.25) is 5.02 Å². The minimum Gasteiger partial charge on any atom is -0.270 e. The van der Waals surface area contributed by atoms with Gasteiger partial charge in [0.2, 0.25) is 10.0 Å². The van der Waals surface area contributed by atoms with Crippen LogP contribution in [0.15, 0.2) is 35.2 Å². The lowest BCUT2D eigenvalue weighted by Crippen LogP contribution is -2.37. The Balaban J connectivity index is 1.97. The van der Waals surface area contributed by atoms with Crippen molar-refractivity contribution in [3.05, 3.63) is 56.1 Å². The highest BCUT2D eigenvalue weighted by molar-refractivity contribution is 14.1. The average molecular weight is 586 g/mol. The minimum absolute atomic E-state index is 0.216. The molecule has 0 radical (unpaired) electrons. The van der Waals surface area contributed by atoms with Gasteiger partial charge in [0.05, 0.1) is 17.3 Å². The lowest BCUT2D eigenvalue weighted by Gasteiger charge is -2.24. The van der Waals surface area contributed by atoms with E-state index in [0.29, 0.717) is 16.8 Å². The fourth-order valence-electron chi connectivity index (χ4n) is 2.48. The van der Waals surface area contributed by atoms with Crippen LogP contribution in [-0.4, -0.2) is 44.5 Å². The molecule has 3 rings (SSSR count). The molecule has 0 spiro atoms. The highest BCUT2D eigenvalue weighted by atomic mass is 127. The number of halogens is 4. The van der Waals surface area contributed by atoms with Crippen molar-refractivity contribution in [1.29, 1.82) is 0 Å². The molecule has 0 aromatic heterocycles. The number of sulfonamides is 1. The van der Waals surface area contributed by atoms with Gasteiger partial charge in [0.1, 0.15) is 4.90 Å². The summed E-state index contributed by atoms with van der Waals surface area (Å²) in [5.41, 5.74) is 2.65. The van der Waals surface area contributed by atoms with Crippen LogP contribution in [0, 0.1) is 21.1 Å². The van der Waals surface area contributed by atoms with E-state index >= 15 is 0 Å². The van der Waals surface area contributed by atoms with E-state index in [-0.39, 0.29) is 12.5 Å². The van der Waals surface area contributed by atoms with Gasteiger partial charge in [-0.1, -0.05) is 11.6 Å². The maximum atomic E-state index is 14.2. The zero-order valence-electron chi connectivity index (χ0n) is 16.5. The summed E-state index contributed by atoms with van der Waals surface area (Å²) in [5.74, 6) is -3.67. The molecular weight excluding hydrogens is 567 g/mol. The number of carbonyl (C=O) groups is 1. The van der Waals surface area contributed by atoms with E-state index in [4.69, 9.17) is 16.4 Å². The van der Waals surface area contributed by atoms with Crippen molar-refractivity contribution in [2.75, 3.05) is 26.1 Å². The number of benzene rings is 2. The second kappa shape index (κ2) is 9.53. The fourth-order valence-corrected chi connectivity index (χ4v) is 4.38. The Hall–Kier alpha value is -1.54. The Morgan fingerprint density at radius 1 is 1.26 bits per heavy atom. The van der Waals surface area contributed by atoms with E-state index in [9.17, 15) is 22.0 Å². The maximum absolute atomic E-state index is 14.2. The first kappa shape index (κ1) is 24.1. The molecule has 1 aliphatic carbocycles. The van der Waals surface area contributed by atoms with Crippen LogP contribution in [0.4, 0.5) is 14.5 Å². The molecule has 1 amide bonds. The monoisotopic (exact) mass is 585 g/mol. The smallest absolute Gasteiger partial charge is 0.270 e. The molecule has 1 N–H and O–H groups in total. The number of nitrogens with one attached hydrogen (secondary N) is 1. The van der Waals surface area contributed by atoms with Crippen molar-refractivity contribution < 1.29 is 26.8 Å². The topological polar surface area (TPSA) is 79.0 Å². The average Bonchev–Trinajstić information content (AvgIpc) is 3.52. The number of hydrogen-bond donors (Lipinski definition) is 1. The summed E-state index contributed by atoms with van der Waals surface area (Å²) in [6.07, 6.45) is 1.89. The molecule has 0 aliphatic heterocycles. The van der Waals surface area contributed by atoms with Crippen LogP contribution in [0.25, 0.3) is 0 Å². The number of amides is 1. The molecule has 0 heterocycles. The molecule has 2 aromatic rings. The summed E-state index contributed by atoms with van der Waals surface area (Å²) in [6, 6.07) is 6.43. The summed E-state index contributed by atoms with van der Waals surface area (Å²) in [6.45, 7) is 0.216. The van der Waals surface area contributed by atoms with Crippen molar-refractivity contribution >= 4 is 55.8 Å². The predicted octanol–water partition coefficient (Wildman–Crippen LogP) is 4.28. The highest BCUT2D eigenvalue weighted by Gasteiger charge is 2.30. The minimum atomic E-state index is -4.33. The third-order valence-electron chi connectivity index (χ3n) is 4.47. The van der Waals surface area contributed by atoms with Crippen molar-refractivity contribution in [3.8, 4) is 0 Å². The zero-order valence-corrected chi connectivity index (χ0v) is 20.3. The molecule has 2 aromatic carbocycles. The van der Waals surface area contributed by atoms with Crippen LogP contribution in [0.3, 0.4) is 0 Å². The molecule has 0 bridgehead atoms. The molecule has 0 saturated heterocycles. The SMILES string of the molecule is CN(C)S(=O)(=O)c1cc(C(=O)N(Nc2ccc(I)cc2Cl)OCC2CC2)cc(F)c1F. The quantitative estimate of drug-likeness (QED) is 0.370. The van der Waals surface area contributed by atoms with Gasteiger partial charge in [-0.2, -0.15) is 0 Å². The summed E-state index contributed by atoms with van der Waals surface area (Å²) in [4.78, 5) is 17.7. The first-order chi connectivity index (χ1) is 14.5. The molecule has 0 unspecified atom stereocenters. The van der Waals surface area contributed by atoms with Crippen LogP contribution in [-0.2, 0) is 14.9 Å². The van der Waals surface area contributed by atoms with Crippen molar-refractivity contribution in [2.24, 2.45) is 5.92 Å². The Labute approximate surface area is 197 Å². The van der Waals surface area contributed by atoms with E-state index in [2.05, 4.69) is 28.0 Å². The van der Waals surface area contributed by atoms with Crippen LogP contribution in [0.1, 0.15) is 23.2 Å². The molecule has 168 valence electrons. The molecular formula is C19H19ClF2IN3O4S. The van der Waals surface area contributed by atoms with E-state index in [1.807, 2.05) is 0 Å². The van der Waals surface area contributed by atoms with Crippen molar-refractivity contribution in [2.45, 2.75) is 17.7 Å². The zero-order chi connectivity index (χ0) is 22.9. The van der Waals surface area contributed by atoms with Crippen molar-refractivity contribution in [3.63, 3.8) is 0 Å². The molecule has 12 heteroatoms. The number of carbonyl (C=O) groups excluding carboxylic acids is 1. The summed E-state index contributed by atoms with van der Waals surface area (Å²) in [7, 11) is -1.99. The number of nitrogens with zero attached hydrogens (tertiary/aromatic N) is 2. The number of hydroxylamine groups is 1.